The molecule has 0 aliphatic heterocycles. The maximum atomic E-state index is 11.7. The number of carbonyl (C=O) groups is 1. The molecule has 0 fully saturated rings. The van der Waals surface area contributed by atoms with Crippen LogP contribution in [0.5, 0.6) is 0 Å². The second-order valence-electron chi connectivity index (χ2n) is 3.68. The Morgan fingerprint density at radius 1 is 1.39 bits per heavy atom. The number of rotatable bonds is 9. The lowest BCUT2D eigenvalue weighted by Gasteiger charge is -2.05. The maximum absolute atomic E-state index is 11.7. The molecule has 1 amide bonds. The second-order valence-corrected chi connectivity index (χ2v) is 4.40. The third-order valence-electron chi connectivity index (χ3n) is 2.30. The zero-order valence-corrected chi connectivity index (χ0v) is 12.0. The molecule has 0 bridgehead atoms. The van der Waals surface area contributed by atoms with Crippen molar-refractivity contribution in [3.05, 3.63) is 22.6 Å². The smallest absolute Gasteiger partial charge is 0.255 e. The second kappa shape index (κ2) is 9.13. The van der Waals surface area contributed by atoms with Gasteiger partial charge in [0.15, 0.2) is 4.67 Å². The summed E-state index contributed by atoms with van der Waals surface area (Å²) in [7, 11) is 1.65. The van der Waals surface area contributed by atoms with Crippen molar-refractivity contribution < 1.29 is 18.7 Å². The van der Waals surface area contributed by atoms with Crippen molar-refractivity contribution >= 4 is 21.8 Å². The number of methoxy groups -OCH3 is 1. The number of hydrogen-bond donors (Lipinski definition) is 1. The van der Waals surface area contributed by atoms with E-state index in [4.69, 9.17) is 13.9 Å². The number of halogens is 1. The average Bonchev–Trinajstić information content (AvgIpc) is 2.79. The molecule has 0 spiro atoms. The lowest BCUT2D eigenvalue weighted by atomic mass is 10.3. The summed E-state index contributed by atoms with van der Waals surface area (Å²) in [6, 6.07) is 1.63. The Morgan fingerprint density at radius 3 is 2.89 bits per heavy atom. The molecule has 0 atom stereocenters. The maximum Gasteiger partial charge on any atom is 0.255 e. The Morgan fingerprint density at radius 2 is 2.22 bits per heavy atom. The van der Waals surface area contributed by atoms with Gasteiger partial charge in [0.2, 0.25) is 0 Å². The van der Waals surface area contributed by atoms with Gasteiger partial charge in [0.1, 0.15) is 0 Å². The number of hydrogen-bond acceptors (Lipinski definition) is 4. The molecule has 0 aliphatic rings. The van der Waals surface area contributed by atoms with E-state index in [2.05, 4.69) is 21.2 Å². The van der Waals surface area contributed by atoms with E-state index < -0.39 is 0 Å². The normalized spacial score (nSPS) is 10.6. The molecule has 0 saturated heterocycles. The molecule has 1 aromatic rings. The van der Waals surface area contributed by atoms with Crippen molar-refractivity contribution in [2.45, 2.75) is 12.8 Å². The summed E-state index contributed by atoms with van der Waals surface area (Å²) in [4.78, 5) is 11.7. The Balaban J connectivity index is 2.01. The summed E-state index contributed by atoms with van der Waals surface area (Å²) in [6.45, 7) is 2.55. The first-order valence-electron chi connectivity index (χ1n) is 5.83. The third-order valence-corrected chi connectivity index (χ3v) is 2.91. The minimum atomic E-state index is -0.129. The largest absolute Gasteiger partial charge is 0.457 e. The van der Waals surface area contributed by atoms with Crippen LogP contribution in [0.4, 0.5) is 0 Å². The molecule has 102 valence electrons. The topological polar surface area (TPSA) is 60.7 Å². The number of nitrogens with one attached hydrogen (secondary N) is 1. The molecule has 5 nitrogen and oxygen atoms in total. The quantitative estimate of drug-likeness (QED) is 0.709. The van der Waals surface area contributed by atoms with Crippen molar-refractivity contribution in [1.82, 2.24) is 5.32 Å². The summed E-state index contributed by atoms with van der Waals surface area (Å²) >= 11 is 3.17. The first-order valence-corrected chi connectivity index (χ1v) is 6.63. The van der Waals surface area contributed by atoms with Crippen molar-refractivity contribution in [2.24, 2.45) is 0 Å². The molecule has 6 heteroatoms. The van der Waals surface area contributed by atoms with Crippen molar-refractivity contribution in [1.29, 1.82) is 0 Å². The van der Waals surface area contributed by atoms with E-state index in [0.29, 0.717) is 36.6 Å². The van der Waals surface area contributed by atoms with Gasteiger partial charge in [0, 0.05) is 20.3 Å². The molecule has 0 radical (unpaired) electrons. The van der Waals surface area contributed by atoms with E-state index in [1.807, 2.05) is 0 Å². The fourth-order valence-electron chi connectivity index (χ4n) is 1.33. The van der Waals surface area contributed by atoms with Crippen LogP contribution in [0.3, 0.4) is 0 Å². The third kappa shape index (κ3) is 5.66. The Bertz CT molecular complexity index is 354. The molecule has 18 heavy (non-hydrogen) atoms. The number of ether oxygens (including phenoxy) is 2. The highest BCUT2D eigenvalue weighted by atomic mass is 79.9. The van der Waals surface area contributed by atoms with Gasteiger partial charge in [-0.25, -0.2) is 0 Å². The molecular weight excluding hydrogens is 302 g/mol. The van der Waals surface area contributed by atoms with Crippen LogP contribution in [0.25, 0.3) is 0 Å². The van der Waals surface area contributed by atoms with Crippen LogP contribution in [0.2, 0.25) is 0 Å². The fourth-order valence-corrected chi connectivity index (χ4v) is 1.75. The fraction of sp³-hybridized carbons (Fsp3) is 0.583. The molecule has 1 heterocycles. The highest BCUT2D eigenvalue weighted by Crippen LogP contribution is 2.16. The number of carbonyl (C=O) groups excluding carboxylic acids is 1. The zero-order valence-electron chi connectivity index (χ0n) is 10.4. The highest BCUT2D eigenvalue weighted by molar-refractivity contribution is 9.10. The Kier molecular flexibility index (Phi) is 7.71. The van der Waals surface area contributed by atoms with Crippen molar-refractivity contribution in [2.75, 3.05) is 33.5 Å². The van der Waals surface area contributed by atoms with Gasteiger partial charge in [-0.3, -0.25) is 4.79 Å². The van der Waals surface area contributed by atoms with Gasteiger partial charge >= 0.3 is 0 Å². The summed E-state index contributed by atoms with van der Waals surface area (Å²) < 4.78 is 15.6. The minimum absolute atomic E-state index is 0.129. The van der Waals surface area contributed by atoms with Crippen LogP contribution in [0.15, 0.2) is 21.4 Å². The van der Waals surface area contributed by atoms with E-state index in [1.54, 1.807) is 13.2 Å². The zero-order chi connectivity index (χ0) is 13.2. The average molecular weight is 320 g/mol. The van der Waals surface area contributed by atoms with Gasteiger partial charge in [-0.2, -0.15) is 0 Å². The van der Waals surface area contributed by atoms with Crippen LogP contribution in [0.1, 0.15) is 23.2 Å². The first kappa shape index (κ1) is 15.2. The SMILES string of the molecule is COCCOCCCCNC(=O)c1ccoc1Br. The molecule has 1 N–H and O–H groups in total. The Hall–Kier alpha value is -0.850. The lowest BCUT2D eigenvalue weighted by Crippen LogP contribution is -2.24. The van der Waals surface area contributed by atoms with E-state index in [9.17, 15) is 4.79 Å². The summed E-state index contributed by atoms with van der Waals surface area (Å²) in [5, 5.41) is 2.82. The van der Waals surface area contributed by atoms with Gasteiger partial charge in [-0.1, -0.05) is 0 Å². The highest BCUT2D eigenvalue weighted by Gasteiger charge is 2.11. The molecule has 0 aromatic carbocycles. The number of furan rings is 1. The van der Waals surface area contributed by atoms with Crippen molar-refractivity contribution in [3.63, 3.8) is 0 Å². The lowest BCUT2D eigenvalue weighted by molar-refractivity contribution is 0.0686. The van der Waals surface area contributed by atoms with Crippen molar-refractivity contribution in [3.8, 4) is 0 Å². The van der Waals surface area contributed by atoms with Crippen LogP contribution in [-0.4, -0.2) is 39.4 Å². The first-order chi connectivity index (χ1) is 8.75. The van der Waals surface area contributed by atoms with Gasteiger partial charge < -0.3 is 19.2 Å². The van der Waals surface area contributed by atoms with Gasteiger partial charge in [-0.05, 0) is 34.8 Å². The van der Waals surface area contributed by atoms with E-state index >= 15 is 0 Å². The minimum Gasteiger partial charge on any atom is -0.457 e. The molecule has 0 unspecified atom stereocenters. The van der Waals surface area contributed by atoms with Crippen LogP contribution in [-0.2, 0) is 9.47 Å². The van der Waals surface area contributed by atoms with E-state index in [0.717, 1.165) is 12.8 Å². The number of amides is 1. The summed E-state index contributed by atoms with van der Waals surface area (Å²) in [5.41, 5.74) is 0.520. The summed E-state index contributed by atoms with van der Waals surface area (Å²) in [5.74, 6) is -0.129. The van der Waals surface area contributed by atoms with Gasteiger partial charge in [-0.15, -0.1) is 0 Å². The predicted octanol–water partition coefficient (Wildman–Crippen LogP) is 2.22. The van der Waals surface area contributed by atoms with Gasteiger partial charge in [0.25, 0.3) is 5.91 Å². The molecule has 1 rings (SSSR count). The standard InChI is InChI=1S/C12H18BrNO4/c1-16-8-9-17-6-3-2-5-14-12(15)10-4-7-18-11(10)13/h4,7H,2-3,5-6,8-9H2,1H3,(H,14,15). The molecule has 1 aromatic heterocycles. The predicted molar refractivity (Wildman–Crippen MR) is 70.7 cm³/mol. The monoisotopic (exact) mass is 319 g/mol. The molecular formula is C12H18BrNO4. The number of unbranched alkanes of at least 4 members (excludes halogenated alkanes) is 1. The van der Waals surface area contributed by atoms with Gasteiger partial charge in [0.05, 0.1) is 25.0 Å². The van der Waals surface area contributed by atoms with E-state index in [-0.39, 0.29) is 5.91 Å². The van der Waals surface area contributed by atoms with Crippen LogP contribution < -0.4 is 5.32 Å². The summed E-state index contributed by atoms with van der Waals surface area (Å²) in [6.07, 6.45) is 3.27. The molecule has 0 saturated carbocycles. The molecule has 0 aliphatic carbocycles. The van der Waals surface area contributed by atoms with Crippen LogP contribution >= 0.6 is 15.9 Å². The van der Waals surface area contributed by atoms with Crippen LogP contribution in [0, 0.1) is 0 Å². The van der Waals surface area contributed by atoms with E-state index in [1.165, 1.54) is 6.26 Å². The Labute approximate surface area is 115 Å².